The summed E-state index contributed by atoms with van der Waals surface area (Å²) >= 11 is 0. The first-order valence-corrected chi connectivity index (χ1v) is 14.5. The van der Waals surface area contributed by atoms with Crippen LogP contribution >= 0.6 is 0 Å². The van der Waals surface area contributed by atoms with Crippen LogP contribution in [0.1, 0.15) is 33.1 Å². The van der Waals surface area contributed by atoms with Gasteiger partial charge >= 0.3 is 0 Å². The van der Waals surface area contributed by atoms with Crippen LogP contribution in [0.5, 0.6) is 0 Å². The standard InChI is InChI=1S/C35H38N4O/c40-35(32-18-16-29(17-19-32)28-36-20-22-37(23-21-36)33-14-8-3-9-15-33)39-26-24-38(25-27-39)34(30-10-4-1-5-11-30)31-12-6-2-7-13-31/h1-19,34H,20-28H2. The molecule has 2 fully saturated rings. The van der Waals surface area contributed by atoms with Crippen LogP contribution in [-0.4, -0.2) is 73.0 Å². The minimum atomic E-state index is 0.138. The number of amides is 1. The van der Waals surface area contributed by atoms with Crippen LogP contribution in [0.3, 0.4) is 0 Å². The largest absolute Gasteiger partial charge is 0.369 e. The van der Waals surface area contributed by atoms with E-state index in [0.717, 1.165) is 64.5 Å². The van der Waals surface area contributed by atoms with Gasteiger partial charge in [-0.15, -0.1) is 0 Å². The molecule has 0 bridgehead atoms. The first-order chi connectivity index (χ1) is 19.7. The molecule has 6 rings (SSSR count). The number of rotatable bonds is 7. The van der Waals surface area contributed by atoms with E-state index in [1.54, 1.807) is 0 Å². The summed E-state index contributed by atoms with van der Waals surface area (Å²) in [5, 5.41) is 0. The van der Waals surface area contributed by atoms with Crippen LogP contribution in [0.25, 0.3) is 0 Å². The van der Waals surface area contributed by atoms with E-state index >= 15 is 0 Å². The minimum Gasteiger partial charge on any atom is -0.369 e. The quantitative estimate of drug-likeness (QED) is 0.313. The normalized spacial score (nSPS) is 16.8. The van der Waals surface area contributed by atoms with Gasteiger partial charge in [0.1, 0.15) is 0 Å². The molecule has 204 valence electrons. The maximum atomic E-state index is 13.4. The summed E-state index contributed by atoms with van der Waals surface area (Å²) in [5.74, 6) is 0.138. The number of hydrogen-bond acceptors (Lipinski definition) is 4. The molecule has 1 amide bonds. The van der Waals surface area contributed by atoms with Gasteiger partial charge in [0.15, 0.2) is 0 Å². The van der Waals surface area contributed by atoms with Crippen molar-refractivity contribution in [3.8, 4) is 0 Å². The average Bonchev–Trinajstić information content (AvgIpc) is 3.03. The average molecular weight is 531 g/mol. The predicted octanol–water partition coefficient (Wildman–Crippen LogP) is 5.56. The number of benzene rings is 4. The Bertz CT molecular complexity index is 1310. The Kier molecular flexibility index (Phi) is 8.22. The predicted molar refractivity (Wildman–Crippen MR) is 163 cm³/mol. The third-order valence-corrected chi connectivity index (χ3v) is 8.30. The molecule has 0 aromatic heterocycles. The Morgan fingerprint density at radius 1 is 0.575 bits per heavy atom. The van der Waals surface area contributed by atoms with Gasteiger partial charge in [0.25, 0.3) is 5.91 Å². The highest BCUT2D eigenvalue weighted by molar-refractivity contribution is 5.94. The second-order valence-corrected chi connectivity index (χ2v) is 10.8. The maximum Gasteiger partial charge on any atom is 0.253 e. The molecule has 0 atom stereocenters. The van der Waals surface area contributed by atoms with Crippen molar-refractivity contribution < 1.29 is 4.79 Å². The molecular formula is C35H38N4O. The van der Waals surface area contributed by atoms with Crippen molar-refractivity contribution in [3.63, 3.8) is 0 Å². The molecule has 2 heterocycles. The van der Waals surface area contributed by atoms with Gasteiger partial charge in [-0.3, -0.25) is 14.6 Å². The first kappa shape index (κ1) is 26.3. The zero-order valence-corrected chi connectivity index (χ0v) is 23.1. The molecule has 0 unspecified atom stereocenters. The number of carbonyl (C=O) groups is 1. The van der Waals surface area contributed by atoms with Crippen molar-refractivity contribution in [2.24, 2.45) is 0 Å². The lowest BCUT2D eigenvalue weighted by Crippen LogP contribution is -2.49. The van der Waals surface area contributed by atoms with Gasteiger partial charge in [0.2, 0.25) is 0 Å². The number of para-hydroxylation sites is 1. The molecule has 0 aliphatic carbocycles. The fourth-order valence-electron chi connectivity index (χ4n) is 6.06. The highest BCUT2D eigenvalue weighted by Crippen LogP contribution is 2.29. The number of hydrogen-bond donors (Lipinski definition) is 0. The Hall–Kier alpha value is -3.93. The van der Waals surface area contributed by atoms with E-state index in [9.17, 15) is 4.79 Å². The van der Waals surface area contributed by atoms with Crippen LogP contribution in [0.4, 0.5) is 5.69 Å². The lowest BCUT2D eigenvalue weighted by molar-refractivity contribution is 0.0597. The van der Waals surface area contributed by atoms with Crippen molar-refractivity contribution >= 4 is 11.6 Å². The maximum absolute atomic E-state index is 13.4. The molecule has 4 aromatic carbocycles. The molecule has 2 saturated heterocycles. The van der Waals surface area contributed by atoms with Crippen LogP contribution in [0.15, 0.2) is 115 Å². The van der Waals surface area contributed by atoms with Gasteiger partial charge in [-0.25, -0.2) is 0 Å². The second-order valence-electron chi connectivity index (χ2n) is 10.8. The fraction of sp³-hybridized carbons (Fsp3) is 0.286. The van der Waals surface area contributed by atoms with Gasteiger partial charge < -0.3 is 9.80 Å². The summed E-state index contributed by atoms with van der Waals surface area (Å²) in [6, 6.07) is 40.6. The topological polar surface area (TPSA) is 30.0 Å². The zero-order valence-electron chi connectivity index (χ0n) is 23.1. The molecule has 0 saturated carbocycles. The Balaban J connectivity index is 1.03. The summed E-state index contributed by atoms with van der Waals surface area (Å²) in [6.07, 6.45) is 0. The van der Waals surface area contributed by atoms with Gasteiger partial charge in [0.05, 0.1) is 6.04 Å². The third-order valence-electron chi connectivity index (χ3n) is 8.30. The number of anilines is 1. The number of carbonyl (C=O) groups excluding carboxylic acids is 1. The second kappa shape index (κ2) is 12.5. The molecule has 0 spiro atoms. The van der Waals surface area contributed by atoms with E-state index in [0.29, 0.717) is 0 Å². The van der Waals surface area contributed by atoms with Gasteiger partial charge in [-0.2, -0.15) is 0 Å². The van der Waals surface area contributed by atoms with E-state index in [-0.39, 0.29) is 11.9 Å². The number of nitrogens with zero attached hydrogens (tertiary/aromatic N) is 4. The summed E-state index contributed by atoms with van der Waals surface area (Å²) in [7, 11) is 0. The van der Waals surface area contributed by atoms with Crippen molar-refractivity contribution in [2.45, 2.75) is 12.6 Å². The zero-order chi connectivity index (χ0) is 27.1. The molecule has 2 aliphatic rings. The smallest absolute Gasteiger partial charge is 0.253 e. The van der Waals surface area contributed by atoms with Crippen LogP contribution in [0, 0.1) is 0 Å². The molecule has 40 heavy (non-hydrogen) atoms. The monoisotopic (exact) mass is 530 g/mol. The lowest BCUT2D eigenvalue weighted by Gasteiger charge is -2.40. The molecule has 0 radical (unpaired) electrons. The highest BCUT2D eigenvalue weighted by atomic mass is 16.2. The molecule has 0 N–H and O–H groups in total. The van der Waals surface area contributed by atoms with Crippen molar-refractivity contribution in [3.05, 3.63) is 138 Å². The Labute approximate surface area is 238 Å². The summed E-state index contributed by atoms with van der Waals surface area (Å²) in [5.41, 5.74) is 5.95. The van der Waals surface area contributed by atoms with Crippen LogP contribution in [-0.2, 0) is 6.54 Å². The third kappa shape index (κ3) is 6.11. The highest BCUT2D eigenvalue weighted by Gasteiger charge is 2.28. The van der Waals surface area contributed by atoms with Gasteiger partial charge in [-0.05, 0) is 41.0 Å². The van der Waals surface area contributed by atoms with Gasteiger partial charge in [-0.1, -0.05) is 91.0 Å². The Morgan fingerprint density at radius 2 is 1.10 bits per heavy atom. The minimum absolute atomic E-state index is 0.138. The van der Waals surface area contributed by atoms with E-state index < -0.39 is 0 Å². The SMILES string of the molecule is O=C(c1ccc(CN2CCN(c3ccccc3)CC2)cc1)N1CCN(C(c2ccccc2)c2ccccc2)CC1. The van der Waals surface area contributed by atoms with Gasteiger partial charge in [0, 0.05) is 70.2 Å². The van der Waals surface area contributed by atoms with Crippen molar-refractivity contribution in [1.29, 1.82) is 0 Å². The summed E-state index contributed by atoms with van der Waals surface area (Å²) in [4.78, 5) is 22.9. The molecule has 5 heteroatoms. The number of piperazine rings is 2. The van der Waals surface area contributed by atoms with Crippen LogP contribution < -0.4 is 4.90 Å². The summed E-state index contributed by atoms with van der Waals surface area (Å²) < 4.78 is 0. The molecular weight excluding hydrogens is 492 g/mol. The van der Waals surface area contributed by atoms with Crippen molar-refractivity contribution in [2.75, 3.05) is 57.3 Å². The molecule has 5 nitrogen and oxygen atoms in total. The fourth-order valence-corrected chi connectivity index (χ4v) is 6.06. The van der Waals surface area contributed by atoms with E-state index in [1.165, 1.54) is 22.4 Å². The lowest BCUT2D eigenvalue weighted by atomic mass is 9.96. The van der Waals surface area contributed by atoms with Crippen molar-refractivity contribution in [1.82, 2.24) is 14.7 Å². The summed E-state index contributed by atoms with van der Waals surface area (Å²) in [6.45, 7) is 8.30. The van der Waals surface area contributed by atoms with E-state index in [1.807, 2.05) is 17.0 Å². The Morgan fingerprint density at radius 3 is 1.65 bits per heavy atom. The molecule has 2 aliphatic heterocycles. The molecule has 4 aromatic rings. The van der Waals surface area contributed by atoms with E-state index in [4.69, 9.17) is 0 Å². The first-order valence-electron chi connectivity index (χ1n) is 14.5. The van der Waals surface area contributed by atoms with E-state index in [2.05, 4.69) is 118 Å². The van der Waals surface area contributed by atoms with Crippen LogP contribution in [0.2, 0.25) is 0 Å².